The molecule has 3 nitrogen and oxygen atoms in total. The fraction of sp³-hybridized carbons (Fsp3) is 0.600. The molecule has 0 fully saturated rings. The smallest absolute Gasteiger partial charge is 0.192 e. The van der Waals surface area contributed by atoms with Crippen molar-refractivity contribution in [1.29, 1.82) is 0 Å². The molecule has 1 rings (SSSR count). The van der Waals surface area contributed by atoms with Crippen molar-refractivity contribution in [2.24, 2.45) is 0 Å². The Kier molecular flexibility index (Phi) is 7.75. The van der Waals surface area contributed by atoms with Crippen LogP contribution in [0.1, 0.15) is 45.1 Å². The van der Waals surface area contributed by atoms with Crippen LogP contribution < -0.4 is 4.74 Å². The highest BCUT2D eigenvalue weighted by atomic mass is 32.2. The molecule has 19 heavy (non-hydrogen) atoms. The minimum absolute atomic E-state index is 0.519. The molecule has 0 saturated heterocycles. The van der Waals surface area contributed by atoms with Gasteiger partial charge >= 0.3 is 0 Å². The van der Waals surface area contributed by atoms with Gasteiger partial charge in [-0.3, -0.25) is 4.18 Å². The van der Waals surface area contributed by atoms with Crippen molar-refractivity contribution in [2.45, 2.75) is 51.3 Å². The minimum atomic E-state index is -1.44. The van der Waals surface area contributed by atoms with E-state index in [0.717, 1.165) is 31.2 Å². The maximum atomic E-state index is 12.1. The van der Waals surface area contributed by atoms with E-state index in [9.17, 15) is 4.21 Å². The predicted molar refractivity (Wildman–Crippen MR) is 78.9 cm³/mol. The van der Waals surface area contributed by atoms with Crippen LogP contribution >= 0.6 is 0 Å². The highest BCUT2D eigenvalue weighted by molar-refractivity contribution is 7.80. The molecule has 1 unspecified atom stereocenters. The van der Waals surface area contributed by atoms with Gasteiger partial charge in [0.25, 0.3) is 0 Å². The van der Waals surface area contributed by atoms with Crippen LogP contribution in [-0.2, 0) is 15.3 Å². The van der Waals surface area contributed by atoms with Crippen molar-refractivity contribution < 1.29 is 13.1 Å². The third-order valence-electron chi connectivity index (χ3n) is 2.72. The molecule has 1 atom stereocenters. The topological polar surface area (TPSA) is 35.5 Å². The third-order valence-corrected chi connectivity index (χ3v) is 3.78. The Hall–Kier alpha value is -0.870. The van der Waals surface area contributed by atoms with Crippen LogP contribution in [-0.4, -0.2) is 17.4 Å². The molecule has 0 aliphatic rings. The van der Waals surface area contributed by atoms with Gasteiger partial charge in [0, 0.05) is 0 Å². The second-order valence-corrected chi connectivity index (χ2v) is 5.71. The summed E-state index contributed by atoms with van der Waals surface area (Å²) in [5, 5.41) is 0. The van der Waals surface area contributed by atoms with Crippen LogP contribution in [0.4, 0.5) is 0 Å². The molecule has 0 amide bonds. The molecular formula is C15H24O3S. The molecule has 0 aliphatic heterocycles. The average molecular weight is 284 g/mol. The van der Waals surface area contributed by atoms with Gasteiger partial charge in [-0.25, -0.2) is 4.21 Å². The zero-order valence-corrected chi connectivity index (χ0v) is 12.9. The summed E-state index contributed by atoms with van der Waals surface area (Å²) in [4.78, 5) is 0.646. The summed E-state index contributed by atoms with van der Waals surface area (Å²) in [7, 11) is 0. The predicted octanol–water partition coefficient (Wildman–Crippen LogP) is 4.01. The number of ether oxygens (including phenoxy) is 1. The molecule has 1 aromatic rings. The Morgan fingerprint density at radius 3 is 2.47 bits per heavy atom. The first-order chi connectivity index (χ1) is 9.19. The van der Waals surface area contributed by atoms with Crippen molar-refractivity contribution in [1.82, 2.24) is 0 Å². The molecule has 1 aromatic carbocycles. The molecule has 0 saturated carbocycles. The minimum Gasteiger partial charge on any atom is -0.492 e. The fourth-order valence-corrected chi connectivity index (χ4v) is 2.50. The van der Waals surface area contributed by atoms with Crippen molar-refractivity contribution >= 4 is 11.1 Å². The molecule has 0 aromatic heterocycles. The van der Waals surface area contributed by atoms with E-state index in [1.54, 1.807) is 0 Å². The SMILES string of the molecule is CCCCOc1ccc(C)cc1S(=O)OCCCC. The Labute approximate surface area is 119 Å². The summed E-state index contributed by atoms with van der Waals surface area (Å²) in [5.41, 5.74) is 1.06. The number of hydrogen-bond donors (Lipinski definition) is 0. The first-order valence-electron chi connectivity index (χ1n) is 6.97. The first kappa shape index (κ1) is 16.2. The van der Waals surface area contributed by atoms with Gasteiger partial charge in [0.15, 0.2) is 11.1 Å². The molecular weight excluding hydrogens is 260 g/mol. The summed E-state index contributed by atoms with van der Waals surface area (Å²) in [5.74, 6) is 0.675. The Morgan fingerprint density at radius 1 is 1.11 bits per heavy atom. The Bertz CT molecular complexity index is 404. The zero-order chi connectivity index (χ0) is 14.1. The van der Waals surface area contributed by atoms with Crippen LogP contribution in [0.15, 0.2) is 23.1 Å². The lowest BCUT2D eigenvalue weighted by Gasteiger charge is -2.11. The van der Waals surface area contributed by atoms with Gasteiger partial charge in [0.1, 0.15) is 10.6 Å². The van der Waals surface area contributed by atoms with E-state index >= 15 is 0 Å². The van der Waals surface area contributed by atoms with Crippen LogP contribution in [0.3, 0.4) is 0 Å². The van der Waals surface area contributed by atoms with Crippen LogP contribution in [0.2, 0.25) is 0 Å². The summed E-state index contributed by atoms with van der Waals surface area (Å²) >= 11 is -1.44. The van der Waals surface area contributed by atoms with E-state index in [4.69, 9.17) is 8.92 Å². The molecule has 0 aliphatic carbocycles. The van der Waals surface area contributed by atoms with Gasteiger partial charge < -0.3 is 4.74 Å². The van der Waals surface area contributed by atoms with Gasteiger partial charge in [-0.15, -0.1) is 0 Å². The van der Waals surface area contributed by atoms with E-state index in [-0.39, 0.29) is 0 Å². The van der Waals surface area contributed by atoms with E-state index in [0.29, 0.717) is 23.9 Å². The highest BCUT2D eigenvalue weighted by Crippen LogP contribution is 2.24. The highest BCUT2D eigenvalue weighted by Gasteiger charge is 2.12. The summed E-state index contributed by atoms with van der Waals surface area (Å²) < 4.78 is 23.2. The quantitative estimate of drug-likeness (QED) is 0.643. The zero-order valence-electron chi connectivity index (χ0n) is 12.1. The molecule has 4 heteroatoms. The maximum absolute atomic E-state index is 12.1. The summed E-state index contributed by atoms with van der Waals surface area (Å²) in [6.45, 7) is 7.34. The lowest BCUT2D eigenvalue weighted by Crippen LogP contribution is -2.05. The van der Waals surface area contributed by atoms with Crippen molar-refractivity contribution in [3.63, 3.8) is 0 Å². The molecule has 0 heterocycles. The number of rotatable bonds is 9. The van der Waals surface area contributed by atoms with Crippen LogP contribution in [0.5, 0.6) is 5.75 Å². The van der Waals surface area contributed by atoms with E-state index in [2.05, 4.69) is 13.8 Å². The van der Waals surface area contributed by atoms with Gasteiger partial charge in [0.2, 0.25) is 0 Å². The van der Waals surface area contributed by atoms with E-state index in [1.807, 2.05) is 25.1 Å². The Morgan fingerprint density at radius 2 is 1.79 bits per heavy atom. The monoisotopic (exact) mass is 284 g/mol. The van der Waals surface area contributed by atoms with Crippen molar-refractivity contribution in [3.8, 4) is 5.75 Å². The first-order valence-corrected chi connectivity index (χ1v) is 8.05. The fourth-order valence-electron chi connectivity index (χ4n) is 1.53. The van der Waals surface area contributed by atoms with Crippen molar-refractivity contribution in [2.75, 3.05) is 13.2 Å². The van der Waals surface area contributed by atoms with Crippen molar-refractivity contribution in [3.05, 3.63) is 23.8 Å². The number of benzene rings is 1. The second kappa shape index (κ2) is 9.10. The number of hydrogen-bond acceptors (Lipinski definition) is 3. The summed E-state index contributed by atoms with van der Waals surface area (Å²) in [6, 6.07) is 5.72. The maximum Gasteiger partial charge on any atom is 0.192 e. The lowest BCUT2D eigenvalue weighted by molar-refractivity contribution is 0.297. The van der Waals surface area contributed by atoms with Gasteiger partial charge in [-0.1, -0.05) is 32.8 Å². The molecule has 0 N–H and O–H groups in total. The van der Waals surface area contributed by atoms with E-state index in [1.165, 1.54) is 0 Å². The van der Waals surface area contributed by atoms with Crippen LogP contribution in [0.25, 0.3) is 0 Å². The second-order valence-electron chi connectivity index (χ2n) is 4.56. The molecule has 0 spiro atoms. The number of unbranched alkanes of at least 4 members (excludes halogenated alkanes) is 2. The normalized spacial score (nSPS) is 12.4. The van der Waals surface area contributed by atoms with E-state index < -0.39 is 11.1 Å². The molecule has 0 radical (unpaired) electrons. The van der Waals surface area contributed by atoms with Gasteiger partial charge in [-0.2, -0.15) is 0 Å². The van der Waals surface area contributed by atoms with Gasteiger partial charge in [-0.05, 0) is 37.5 Å². The van der Waals surface area contributed by atoms with Gasteiger partial charge in [0.05, 0.1) is 13.2 Å². The largest absolute Gasteiger partial charge is 0.492 e. The number of aryl methyl sites for hydroxylation is 1. The summed E-state index contributed by atoms with van der Waals surface area (Å²) in [6.07, 6.45) is 4.03. The average Bonchev–Trinajstić information content (AvgIpc) is 2.40. The lowest BCUT2D eigenvalue weighted by atomic mass is 10.2. The van der Waals surface area contributed by atoms with Crippen LogP contribution in [0, 0.1) is 6.92 Å². The Balaban J connectivity index is 2.72. The molecule has 108 valence electrons. The third kappa shape index (κ3) is 5.74. The standard InChI is InChI=1S/C15H24O3S/c1-4-6-10-17-14-9-8-13(3)12-15(14)19(16)18-11-7-5-2/h8-9,12H,4-7,10-11H2,1-3H3. The molecule has 0 bridgehead atoms.